The van der Waals surface area contributed by atoms with Crippen LogP contribution < -0.4 is 5.32 Å². The normalized spacial score (nSPS) is 17.9. The molecule has 1 aromatic heterocycles. The van der Waals surface area contributed by atoms with Crippen LogP contribution in [0.1, 0.15) is 39.5 Å². The Kier molecular flexibility index (Phi) is 7.14. The molecule has 2 aromatic rings. The van der Waals surface area contributed by atoms with Gasteiger partial charge in [0.05, 0.1) is 0 Å². The molecule has 1 saturated heterocycles. The van der Waals surface area contributed by atoms with Crippen molar-refractivity contribution >= 4 is 17.7 Å². The Bertz CT molecular complexity index is 818. The Hall–Kier alpha value is -2.12. The van der Waals surface area contributed by atoms with Gasteiger partial charge in [-0.3, -0.25) is 0 Å². The molecular formula is C21H29ClN4O3. The van der Waals surface area contributed by atoms with Gasteiger partial charge in [-0.25, -0.2) is 4.79 Å². The molecule has 0 saturated carbocycles. The van der Waals surface area contributed by atoms with Crippen LogP contribution >= 0.6 is 11.6 Å². The molecule has 0 radical (unpaired) electrons. The number of likely N-dealkylation sites (tertiary alicyclic amines) is 1. The van der Waals surface area contributed by atoms with Crippen LogP contribution in [0.4, 0.5) is 4.79 Å². The van der Waals surface area contributed by atoms with Gasteiger partial charge >= 0.3 is 6.09 Å². The number of halogens is 1. The zero-order valence-electron chi connectivity index (χ0n) is 17.3. The third-order valence-electron chi connectivity index (χ3n) is 4.73. The van der Waals surface area contributed by atoms with Crippen molar-refractivity contribution in [2.24, 2.45) is 5.92 Å². The Morgan fingerprint density at radius 2 is 2.24 bits per heavy atom. The maximum atomic E-state index is 11.9. The van der Waals surface area contributed by atoms with E-state index in [4.69, 9.17) is 20.9 Å². The van der Waals surface area contributed by atoms with Gasteiger partial charge in [-0.05, 0) is 58.2 Å². The molecule has 1 aliphatic rings. The number of carbonyl (C=O) groups excluding carboxylic acids is 1. The fraction of sp³-hybridized carbons (Fsp3) is 0.571. The largest absolute Gasteiger partial charge is 0.444 e. The monoisotopic (exact) mass is 420 g/mol. The van der Waals surface area contributed by atoms with Crippen molar-refractivity contribution in [3.63, 3.8) is 0 Å². The first kappa shape index (κ1) is 21.6. The molecule has 0 bridgehead atoms. The number of nitrogens with zero attached hydrogens (tertiary/aromatic N) is 3. The van der Waals surface area contributed by atoms with Gasteiger partial charge in [0.15, 0.2) is 0 Å². The lowest BCUT2D eigenvalue weighted by Crippen LogP contribution is -2.42. The van der Waals surface area contributed by atoms with Crippen molar-refractivity contribution in [2.45, 2.75) is 45.6 Å². The van der Waals surface area contributed by atoms with E-state index in [1.54, 1.807) is 0 Å². The molecule has 1 amide bonds. The molecule has 1 N–H and O–H groups in total. The fourth-order valence-electron chi connectivity index (χ4n) is 3.42. The molecule has 3 rings (SSSR count). The minimum atomic E-state index is -0.475. The van der Waals surface area contributed by atoms with Gasteiger partial charge < -0.3 is 19.5 Å². The lowest BCUT2D eigenvalue weighted by atomic mass is 9.98. The number of hydrogen-bond donors (Lipinski definition) is 1. The highest BCUT2D eigenvalue weighted by Crippen LogP contribution is 2.21. The Labute approximate surface area is 176 Å². The summed E-state index contributed by atoms with van der Waals surface area (Å²) in [5.74, 6) is 1.59. The van der Waals surface area contributed by atoms with E-state index in [-0.39, 0.29) is 6.09 Å². The van der Waals surface area contributed by atoms with Gasteiger partial charge in [-0.15, -0.1) is 0 Å². The van der Waals surface area contributed by atoms with Gasteiger partial charge in [0.2, 0.25) is 11.7 Å². The van der Waals surface area contributed by atoms with Gasteiger partial charge in [-0.1, -0.05) is 28.9 Å². The lowest BCUT2D eigenvalue weighted by Gasteiger charge is -2.32. The number of alkyl carbamates (subject to hydrolysis) is 1. The van der Waals surface area contributed by atoms with Crippen molar-refractivity contribution in [3.05, 3.63) is 35.2 Å². The van der Waals surface area contributed by atoms with E-state index in [1.165, 1.54) is 0 Å². The van der Waals surface area contributed by atoms with Gasteiger partial charge in [0, 0.05) is 36.6 Å². The van der Waals surface area contributed by atoms with E-state index in [1.807, 2.05) is 45.0 Å². The summed E-state index contributed by atoms with van der Waals surface area (Å²) in [6.07, 6.45) is 2.55. The molecule has 8 heteroatoms. The molecule has 1 fully saturated rings. The number of benzene rings is 1. The Balaban J connectivity index is 1.45. The molecule has 7 nitrogen and oxygen atoms in total. The first-order valence-corrected chi connectivity index (χ1v) is 10.4. The number of hydrogen-bond acceptors (Lipinski definition) is 6. The molecular weight excluding hydrogens is 392 g/mol. The number of rotatable bonds is 6. The maximum absolute atomic E-state index is 11.9. The number of amides is 1. The fourth-order valence-corrected chi connectivity index (χ4v) is 3.61. The summed E-state index contributed by atoms with van der Waals surface area (Å²) in [6.45, 7) is 9.05. The highest BCUT2D eigenvalue weighted by Gasteiger charge is 2.22. The highest BCUT2D eigenvalue weighted by molar-refractivity contribution is 6.30. The SMILES string of the molecule is CC(C)(C)OC(=O)NCC1CCCN(CCc2nc(-c3cccc(Cl)c3)no2)C1. The predicted octanol–water partition coefficient (Wildman–Crippen LogP) is 4.17. The summed E-state index contributed by atoms with van der Waals surface area (Å²) in [5.41, 5.74) is 0.371. The van der Waals surface area contributed by atoms with E-state index in [0.29, 0.717) is 35.6 Å². The number of nitrogens with one attached hydrogen (secondary N) is 1. The zero-order chi connectivity index (χ0) is 20.9. The van der Waals surface area contributed by atoms with Crippen molar-refractivity contribution < 1.29 is 14.1 Å². The van der Waals surface area contributed by atoms with Crippen LogP contribution in [-0.2, 0) is 11.2 Å². The third-order valence-corrected chi connectivity index (χ3v) is 4.96. The second-order valence-electron chi connectivity index (χ2n) is 8.46. The molecule has 1 atom stereocenters. The molecule has 1 aromatic carbocycles. The van der Waals surface area contributed by atoms with Crippen molar-refractivity contribution in [1.29, 1.82) is 0 Å². The van der Waals surface area contributed by atoms with Gasteiger partial charge in [0.1, 0.15) is 5.60 Å². The van der Waals surface area contributed by atoms with Crippen LogP contribution in [0.2, 0.25) is 5.02 Å². The van der Waals surface area contributed by atoms with Gasteiger partial charge in [0.25, 0.3) is 0 Å². The second-order valence-corrected chi connectivity index (χ2v) is 8.90. The quantitative estimate of drug-likeness (QED) is 0.755. The average Bonchev–Trinajstić information content (AvgIpc) is 3.13. The summed E-state index contributed by atoms with van der Waals surface area (Å²) in [4.78, 5) is 18.7. The zero-order valence-corrected chi connectivity index (χ0v) is 18.0. The minimum absolute atomic E-state index is 0.353. The maximum Gasteiger partial charge on any atom is 0.407 e. The van der Waals surface area contributed by atoms with Crippen LogP contribution in [0.5, 0.6) is 0 Å². The number of piperidine rings is 1. The highest BCUT2D eigenvalue weighted by atomic mass is 35.5. The lowest BCUT2D eigenvalue weighted by molar-refractivity contribution is 0.0507. The van der Waals surface area contributed by atoms with E-state index >= 15 is 0 Å². The van der Waals surface area contributed by atoms with E-state index in [0.717, 1.165) is 38.0 Å². The van der Waals surface area contributed by atoms with Crippen LogP contribution in [0, 0.1) is 5.92 Å². The Morgan fingerprint density at radius 3 is 3.00 bits per heavy atom. The van der Waals surface area contributed by atoms with E-state index in [9.17, 15) is 4.79 Å². The second kappa shape index (κ2) is 9.59. The smallest absolute Gasteiger partial charge is 0.407 e. The summed E-state index contributed by atoms with van der Waals surface area (Å²) in [5, 5.41) is 7.60. The van der Waals surface area contributed by atoms with Crippen molar-refractivity contribution in [2.75, 3.05) is 26.2 Å². The van der Waals surface area contributed by atoms with Crippen LogP contribution in [0.3, 0.4) is 0 Å². The molecule has 1 unspecified atom stereocenters. The molecule has 0 spiro atoms. The average molecular weight is 421 g/mol. The third kappa shape index (κ3) is 7.01. The van der Waals surface area contributed by atoms with Gasteiger partial charge in [-0.2, -0.15) is 4.98 Å². The first-order chi connectivity index (χ1) is 13.8. The van der Waals surface area contributed by atoms with Crippen LogP contribution in [-0.4, -0.2) is 52.9 Å². The minimum Gasteiger partial charge on any atom is -0.444 e. The number of ether oxygens (including phenoxy) is 1. The van der Waals surface area contributed by atoms with E-state index < -0.39 is 5.60 Å². The molecule has 1 aliphatic heterocycles. The van der Waals surface area contributed by atoms with Crippen molar-refractivity contribution in [1.82, 2.24) is 20.4 Å². The molecule has 158 valence electrons. The number of aromatic nitrogens is 2. The van der Waals surface area contributed by atoms with E-state index in [2.05, 4.69) is 20.4 Å². The van der Waals surface area contributed by atoms with Crippen LogP contribution in [0.25, 0.3) is 11.4 Å². The summed E-state index contributed by atoms with van der Waals surface area (Å²) < 4.78 is 10.7. The molecule has 2 heterocycles. The summed E-state index contributed by atoms with van der Waals surface area (Å²) in [6, 6.07) is 7.42. The summed E-state index contributed by atoms with van der Waals surface area (Å²) >= 11 is 6.03. The number of carbonyl (C=O) groups is 1. The Morgan fingerprint density at radius 1 is 1.41 bits per heavy atom. The van der Waals surface area contributed by atoms with Crippen LogP contribution in [0.15, 0.2) is 28.8 Å². The predicted molar refractivity (Wildman–Crippen MR) is 112 cm³/mol. The summed E-state index contributed by atoms with van der Waals surface area (Å²) in [7, 11) is 0. The topological polar surface area (TPSA) is 80.5 Å². The molecule has 0 aliphatic carbocycles. The molecule has 29 heavy (non-hydrogen) atoms. The van der Waals surface area contributed by atoms with Crippen molar-refractivity contribution in [3.8, 4) is 11.4 Å². The first-order valence-electron chi connectivity index (χ1n) is 10.1. The standard InChI is InChI=1S/C21H29ClN4O3/c1-21(2,3)28-20(27)23-13-15-6-5-10-26(14-15)11-9-18-24-19(25-29-18)16-7-4-8-17(22)12-16/h4,7-8,12,15H,5-6,9-11,13-14H2,1-3H3,(H,23,27).